The van der Waals surface area contributed by atoms with Gasteiger partial charge in [0.1, 0.15) is 11.3 Å². The molecule has 2 aromatic carbocycles. The fourth-order valence-electron chi connectivity index (χ4n) is 3.80. The number of halogens is 1. The van der Waals surface area contributed by atoms with Crippen LogP contribution in [0.5, 0.6) is 5.75 Å². The zero-order valence-electron chi connectivity index (χ0n) is 16.9. The van der Waals surface area contributed by atoms with Crippen molar-refractivity contribution in [3.8, 4) is 22.6 Å². The van der Waals surface area contributed by atoms with E-state index in [9.17, 15) is 4.79 Å². The molecule has 0 amide bonds. The van der Waals surface area contributed by atoms with E-state index in [1.807, 2.05) is 55.5 Å². The van der Waals surface area contributed by atoms with Crippen LogP contribution < -0.4 is 10.3 Å². The van der Waals surface area contributed by atoms with Crippen molar-refractivity contribution in [2.75, 3.05) is 7.11 Å². The molecular formula is C23H18ClN5O2. The zero-order valence-corrected chi connectivity index (χ0v) is 17.7. The molecular weight excluding hydrogens is 414 g/mol. The Kier molecular flexibility index (Phi) is 4.67. The molecule has 154 valence electrons. The summed E-state index contributed by atoms with van der Waals surface area (Å²) in [7, 11) is 1.57. The molecule has 0 saturated carbocycles. The number of fused-ring (bicyclic) bond motifs is 3. The molecule has 3 aromatic heterocycles. The van der Waals surface area contributed by atoms with Gasteiger partial charge in [-0.05, 0) is 42.3 Å². The lowest BCUT2D eigenvalue weighted by Crippen LogP contribution is -2.20. The van der Waals surface area contributed by atoms with Crippen LogP contribution in [0.15, 0.2) is 65.6 Å². The lowest BCUT2D eigenvalue weighted by molar-refractivity contribution is 0.412. The molecule has 7 nitrogen and oxygen atoms in total. The Morgan fingerprint density at radius 1 is 1.06 bits per heavy atom. The molecule has 31 heavy (non-hydrogen) atoms. The van der Waals surface area contributed by atoms with E-state index in [2.05, 4.69) is 10.2 Å². The first-order chi connectivity index (χ1) is 15.1. The molecule has 0 N–H and O–H groups in total. The van der Waals surface area contributed by atoms with E-state index in [0.717, 1.165) is 16.8 Å². The fraction of sp³-hybridized carbons (Fsp3) is 0.130. The van der Waals surface area contributed by atoms with E-state index in [1.54, 1.807) is 23.9 Å². The number of benzene rings is 2. The van der Waals surface area contributed by atoms with Crippen LogP contribution in [-0.2, 0) is 6.42 Å². The Morgan fingerprint density at radius 3 is 2.68 bits per heavy atom. The summed E-state index contributed by atoms with van der Waals surface area (Å²) < 4.78 is 8.59. The molecule has 0 aliphatic heterocycles. The molecule has 3 heterocycles. The van der Waals surface area contributed by atoms with E-state index in [1.165, 1.54) is 4.57 Å². The third kappa shape index (κ3) is 3.05. The van der Waals surface area contributed by atoms with Crippen LogP contribution in [0.3, 0.4) is 0 Å². The highest BCUT2D eigenvalue weighted by Gasteiger charge is 2.19. The maximum absolute atomic E-state index is 13.3. The summed E-state index contributed by atoms with van der Waals surface area (Å²) in [6.07, 6.45) is 2.40. The molecule has 0 aliphatic carbocycles. The molecule has 0 radical (unpaired) electrons. The predicted octanol–water partition coefficient (Wildman–Crippen LogP) is 4.32. The highest BCUT2D eigenvalue weighted by atomic mass is 35.5. The van der Waals surface area contributed by atoms with E-state index in [-0.39, 0.29) is 11.1 Å². The summed E-state index contributed by atoms with van der Waals surface area (Å²) in [6.45, 7) is 2.03. The quantitative estimate of drug-likeness (QED) is 0.423. The summed E-state index contributed by atoms with van der Waals surface area (Å²) in [6, 6.07) is 16.7. The maximum atomic E-state index is 13.3. The number of para-hydroxylation sites is 2. The van der Waals surface area contributed by atoms with Crippen molar-refractivity contribution in [3.63, 3.8) is 0 Å². The molecule has 5 aromatic rings. The lowest BCUT2D eigenvalue weighted by atomic mass is 10.0. The SMILES string of the molecule is CCc1nn2c(nnc3c(=O)n(-c4ccccc4OC)ccc32)c1-c1cccc(Cl)c1. The van der Waals surface area contributed by atoms with Gasteiger partial charge in [0.15, 0.2) is 11.2 Å². The van der Waals surface area contributed by atoms with Gasteiger partial charge < -0.3 is 4.74 Å². The maximum Gasteiger partial charge on any atom is 0.285 e. The Labute approximate surface area is 182 Å². The minimum atomic E-state index is -0.297. The van der Waals surface area contributed by atoms with Crippen molar-refractivity contribution in [1.82, 2.24) is 24.4 Å². The second-order valence-corrected chi connectivity index (χ2v) is 7.45. The molecule has 0 fully saturated rings. The van der Waals surface area contributed by atoms with Crippen LogP contribution in [0.4, 0.5) is 0 Å². The first-order valence-corrected chi connectivity index (χ1v) is 10.2. The summed E-state index contributed by atoms with van der Waals surface area (Å²) in [5, 5.41) is 14.0. The number of ether oxygens (including phenoxy) is 1. The summed E-state index contributed by atoms with van der Waals surface area (Å²) in [4.78, 5) is 13.3. The fourth-order valence-corrected chi connectivity index (χ4v) is 3.99. The van der Waals surface area contributed by atoms with E-state index in [4.69, 9.17) is 21.4 Å². The summed E-state index contributed by atoms with van der Waals surface area (Å²) in [5.74, 6) is 0.591. The highest BCUT2D eigenvalue weighted by Crippen LogP contribution is 2.30. The first kappa shape index (κ1) is 19.3. The minimum Gasteiger partial charge on any atom is -0.495 e. The molecule has 0 spiro atoms. The standard InChI is InChI=1S/C23H18ClN5O2/c1-3-16-20(14-7-6-8-15(24)13-14)22-26-25-21-18(29(22)27-16)11-12-28(23(21)30)17-9-4-5-10-19(17)31-2/h4-13H,3H2,1-2H3. The third-order valence-electron chi connectivity index (χ3n) is 5.24. The molecule has 0 atom stereocenters. The Balaban J connectivity index is 1.79. The van der Waals surface area contributed by atoms with Gasteiger partial charge >= 0.3 is 0 Å². The van der Waals surface area contributed by atoms with Crippen LogP contribution in [0.25, 0.3) is 33.5 Å². The molecule has 0 saturated heterocycles. The average Bonchev–Trinajstić information content (AvgIpc) is 3.18. The number of nitrogens with zero attached hydrogens (tertiary/aromatic N) is 5. The molecule has 8 heteroatoms. The Hall–Kier alpha value is -3.71. The van der Waals surface area contributed by atoms with Gasteiger partial charge in [0, 0.05) is 11.2 Å². The normalized spacial score (nSPS) is 11.3. The van der Waals surface area contributed by atoms with Gasteiger partial charge in [0.2, 0.25) is 0 Å². The molecule has 0 unspecified atom stereocenters. The van der Waals surface area contributed by atoms with Crippen molar-refractivity contribution < 1.29 is 4.74 Å². The average molecular weight is 432 g/mol. The van der Waals surface area contributed by atoms with Crippen LogP contribution in [-0.4, -0.2) is 31.5 Å². The van der Waals surface area contributed by atoms with Gasteiger partial charge in [-0.25, -0.2) is 4.52 Å². The Morgan fingerprint density at radius 2 is 1.90 bits per heavy atom. The van der Waals surface area contributed by atoms with Gasteiger partial charge in [-0.2, -0.15) is 5.10 Å². The smallest absolute Gasteiger partial charge is 0.285 e. The second kappa shape index (κ2) is 7.52. The van der Waals surface area contributed by atoms with Crippen LogP contribution in [0.1, 0.15) is 12.6 Å². The summed E-state index contributed by atoms with van der Waals surface area (Å²) >= 11 is 6.21. The number of aryl methyl sites for hydroxylation is 1. The van der Waals surface area contributed by atoms with Crippen LogP contribution >= 0.6 is 11.6 Å². The highest BCUT2D eigenvalue weighted by molar-refractivity contribution is 6.30. The van der Waals surface area contributed by atoms with Crippen LogP contribution in [0.2, 0.25) is 5.02 Å². The van der Waals surface area contributed by atoms with Crippen molar-refractivity contribution in [3.05, 3.63) is 81.9 Å². The van der Waals surface area contributed by atoms with Crippen LogP contribution in [0, 0.1) is 0 Å². The lowest BCUT2D eigenvalue weighted by Gasteiger charge is -2.11. The molecule has 5 rings (SSSR count). The number of aromatic nitrogens is 5. The van der Waals surface area contributed by atoms with Gasteiger partial charge in [-0.1, -0.05) is 42.8 Å². The number of methoxy groups -OCH3 is 1. The van der Waals surface area contributed by atoms with E-state index < -0.39 is 0 Å². The van der Waals surface area contributed by atoms with Crippen molar-refractivity contribution in [1.29, 1.82) is 0 Å². The number of hydrogen-bond donors (Lipinski definition) is 0. The van der Waals surface area contributed by atoms with Crippen molar-refractivity contribution in [2.45, 2.75) is 13.3 Å². The van der Waals surface area contributed by atoms with Gasteiger partial charge in [0.25, 0.3) is 5.56 Å². The predicted molar refractivity (Wildman–Crippen MR) is 120 cm³/mol. The number of hydrogen-bond acceptors (Lipinski definition) is 5. The minimum absolute atomic E-state index is 0.226. The zero-order chi connectivity index (χ0) is 21.5. The third-order valence-corrected chi connectivity index (χ3v) is 5.48. The Bertz CT molecular complexity index is 1510. The van der Waals surface area contributed by atoms with Gasteiger partial charge in [-0.3, -0.25) is 9.36 Å². The molecule has 0 bridgehead atoms. The van der Waals surface area contributed by atoms with Crippen molar-refractivity contribution >= 4 is 28.3 Å². The van der Waals surface area contributed by atoms with E-state index >= 15 is 0 Å². The molecule has 0 aliphatic rings. The topological polar surface area (TPSA) is 74.3 Å². The van der Waals surface area contributed by atoms with Gasteiger partial charge in [0.05, 0.1) is 24.1 Å². The van der Waals surface area contributed by atoms with E-state index in [0.29, 0.717) is 34.0 Å². The number of pyridine rings is 1. The summed E-state index contributed by atoms with van der Waals surface area (Å²) in [5.41, 5.74) is 4.37. The first-order valence-electron chi connectivity index (χ1n) is 9.81. The monoisotopic (exact) mass is 431 g/mol. The largest absolute Gasteiger partial charge is 0.495 e. The van der Waals surface area contributed by atoms with Gasteiger partial charge in [-0.15, -0.1) is 10.2 Å². The van der Waals surface area contributed by atoms with Crippen molar-refractivity contribution in [2.24, 2.45) is 0 Å². The second-order valence-electron chi connectivity index (χ2n) is 7.02. The number of rotatable bonds is 4.